The second kappa shape index (κ2) is 6.60. The molecule has 0 saturated heterocycles. The minimum Gasteiger partial charge on any atom is -0.330 e. The van der Waals surface area contributed by atoms with E-state index in [1.807, 2.05) is 0 Å². The minimum absolute atomic E-state index is 0.246. The van der Waals surface area contributed by atoms with Gasteiger partial charge in [-0.25, -0.2) is 18.1 Å². The number of hydrogen-bond acceptors (Lipinski definition) is 5. The SMILES string of the molecule is NCCc1ccc(S(=O)(=O)NCCc2ncn[nH]2)cc1. The molecule has 108 valence electrons. The van der Waals surface area contributed by atoms with Crippen LogP contribution < -0.4 is 10.5 Å². The molecule has 0 unspecified atom stereocenters. The third-order valence-corrected chi connectivity index (χ3v) is 4.26. The minimum atomic E-state index is -3.49. The number of nitrogens with two attached hydrogens (primary N) is 1. The van der Waals surface area contributed by atoms with Gasteiger partial charge in [-0.3, -0.25) is 5.10 Å². The summed E-state index contributed by atoms with van der Waals surface area (Å²) in [7, 11) is -3.49. The van der Waals surface area contributed by atoms with E-state index in [9.17, 15) is 8.42 Å². The number of H-pyrrole nitrogens is 1. The van der Waals surface area contributed by atoms with E-state index >= 15 is 0 Å². The van der Waals surface area contributed by atoms with Crippen molar-refractivity contribution in [2.45, 2.75) is 17.7 Å². The van der Waals surface area contributed by atoms with E-state index in [2.05, 4.69) is 19.9 Å². The van der Waals surface area contributed by atoms with Gasteiger partial charge < -0.3 is 5.73 Å². The lowest BCUT2D eigenvalue weighted by atomic mass is 10.2. The maximum atomic E-state index is 12.0. The Labute approximate surface area is 117 Å². The first kappa shape index (κ1) is 14.6. The topological polar surface area (TPSA) is 114 Å². The van der Waals surface area contributed by atoms with Gasteiger partial charge in [0.05, 0.1) is 4.90 Å². The van der Waals surface area contributed by atoms with Crippen molar-refractivity contribution in [1.29, 1.82) is 0 Å². The lowest BCUT2D eigenvalue weighted by molar-refractivity contribution is 0.581. The summed E-state index contributed by atoms with van der Waals surface area (Å²) >= 11 is 0. The van der Waals surface area contributed by atoms with Crippen LogP contribution in [0.2, 0.25) is 0 Å². The van der Waals surface area contributed by atoms with Crippen LogP contribution >= 0.6 is 0 Å². The van der Waals surface area contributed by atoms with Crippen LogP contribution in [0.3, 0.4) is 0 Å². The summed E-state index contributed by atoms with van der Waals surface area (Å²) < 4.78 is 26.6. The van der Waals surface area contributed by atoms with E-state index in [-0.39, 0.29) is 11.4 Å². The van der Waals surface area contributed by atoms with Gasteiger partial charge >= 0.3 is 0 Å². The predicted molar refractivity (Wildman–Crippen MR) is 74.5 cm³/mol. The molecule has 0 aliphatic heterocycles. The molecule has 0 spiro atoms. The Bertz CT molecular complexity index is 622. The van der Waals surface area contributed by atoms with E-state index in [4.69, 9.17) is 5.73 Å². The zero-order chi connectivity index (χ0) is 14.4. The van der Waals surface area contributed by atoms with Crippen molar-refractivity contribution in [3.8, 4) is 0 Å². The van der Waals surface area contributed by atoms with Crippen LogP contribution in [0.5, 0.6) is 0 Å². The summed E-state index contributed by atoms with van der Waals surface area (Å²) in [5.41, 5.74) is 6.47. The summed E-state index contributed by atoms with van der Waals surface area (Å²) in [5.74, 6) is 0.644. The van der Waals surface area contributed by atoms with Gasteiger partial charge in [0, 0.05) is 13.0 Å². The fraction of sp³-hybridized carbons (Fsp3) is 0.333. The van der Waals surface area contributed by atoms with Gasteiger partial charge in [0.25, 0.3) is 0 Å². The Morgan fingerprint density at radius 2 is 1.95 bits per heavy atom. The van der Waals surface area contributed by atoms with Crippen LogP contribution in [0.25, 0.3) is 0 Å². The molecule has 2 aromatic rings. The van der Waals surface area contributed by atoms with Crippen molar-refractivity contribution in [3.63, 3.8) is 0 Å². The fourth-order valence-electron chi connectivity index (χ4n) is 1.74. The molecule has 0 aliphatic carbocycles. The summed E-state index contributed by atoms with van der Waals surface area (Å²) in [6, 6.07) is 6.72. The molecule has 0 atom stereocenters. The summed E-state index contributed by atoms with van der Waals surface area (Å²) in [5, 5.41) is 6.38. The predicted octanol–water partition coefficient (Wildman–Crippen LogP) is -0.173. The van der Waals surface area contributed by atoms with Gasteiger partial charge in [-0.15, -0.1) is 0 Å². The third-order valence-electron chi connectivity index (χ3n) is 2.79. The Kier molecular flexibility index (Phi) is 4.83. The molecule has 20 heavy (non-hydrogen) atoms. The van der Waals surface area contributed by atoms with Crippen LogP contribution in [-0.4, -0.2) is 36.7 Å². The van der Waals surface area contributed by atoms with Gasteiger partial charge in [-0.2, -0.15) is 5.10 Å². The monoisotopic (exact) mass is 295 g/mol. The first-order chi connectivity index (χ1) is 9.62. The average Bonchev–Trinajstić information content (AvgIpc) is 2.93. The van der Waals surface area contributed by atoms with Gasteiger partial charge in [-0.05, 0) is 30.7 Å². The Balaban J connectivity index is 1.95. The van der Waals surface area contributed by atoms with Crippen LogP contribution in [0, 0.1) is 0 Å². The number of hydrogen-bond donors (Lipinski definition) is 3. The number of benzene rings is 1. The van der Waals surface area contributed by atoms with Gasteiger partial charge in [0.1, 0.15) is 12.2 Å². The molecule has 0 bridgehead atoms. The molecule has 0 saturated carbocycles. The molecule has 0 radical (unpaired) electrons. The van der Waals surface area contributed by atoms with Gasteiger partial charge in [0.2, 0.25) is 10.0 Å². The lowest BCUT2D eigenvalue weighted by Gasteiger charge is -2.06. The first-order valence-corrected chi connectivity index (χ1v) is 7.73. The normalized spacial score (nSPS) is 11.7. The largest absolute Gasteiger partial charge is 0.330 e. The highest BCUT2D eigenvalue weighted by Gasteiger charge is 2.13. The first-order valence-electron chi connectivity index (χ1n) is 6.25. The number of nitrogens with one attached hydrogen (secondary N) is 2. The number of sulfonamides is 1. The van der Waals surface area contributed by atoms with Crippen molar-refractivity contribution in [1.82, 2.24) is 19.9 Å². The van der Waals surface area contributed by atoms with Crippen LogP contribution in [0.4, 0.5) is 0 Å². The molecule has 0 amide bonds. The Hall–Kier alpha value is -1.77. The highest BCUT2D eigenvalue weighted by atomic mass is 32.2. The molecule has 0 fully saturated rings. The van der Waals surface area contributed by atoms with E-state index in [1.54, 1.807) is 24.3 Å². The van der Waals surface area contributed by atoms with E-state index in [1.165, 1.54) is 6.33 Å². The maximum absolute atomic E-state index is 12.0. The molecule has 4 N–H and O–H groups in total. The standard InChI is InChI=1S/C12H17N5O2S/c13-7-5-10-1-3-11(4-2-10)20(18,19)16-8-6-12-14-9-15-17-12/h1-4,9,16H,5-8,13H2,(H,14,15,17). The molecule has 1 heterocycles. The van der Waals surface area contributed by atoms with Crippen LogP contribution in [-0.2, 0) is 22.9 Å². The van der Waals surface area contributed by atoms with Crippen molar-refractivity contribution in [2.24, 2.45) is 5.73 Å². The molecule has 1 aromatic heterocycles. The zero-order valence-electron chi connectivity index (χ0n) is 10.9. The van der Waals surface area contributed by atoms with Crippen molar-refractivity contribution < 1.29 is 8.42 Å². The molecular formula is C12H17N5O2S. The fourth-order valence-corrected chi connectivity index (χ4v) is 2.77. The smallest absolute Gasteiger partial charge is 0.240 e. The summed E-state index contributed by atoms with van der Waals surface area (Å²) in [6.07, 6.45) is 2.59. The number of aromatic nitrogens is 3. The van der Waals surface area contributed by atoms with E-state index < -0.39 is 10.0 Å². The second-order valence-electron chi connectivity index (χ2n) is 4.26. The molecule has 8 heteroatoms. The molecular weight excluding hydrogens is 278 g/mol. The van der Waals surface area contributed by atoms with Crippen LogP contribution in [0.1, 0.15) is 11.4 Å². The molecule has 1 aromatic carbocycles. The number of nitrogens with zero attached hydrogens (tertiary/aromatic N) is 2. The van der Waals surface area contributed by atoms with E-state index in [0.29, 0.717) is 18.8 Å². The highest BCUT2D eigenvalue weighted by molar-refractivity contribution is 7.89. The zero-order valence-corrected chi connectivity index (χ0v) is 11.7. The average molecular weight is 295 g/mol. The second-order valence-corrected chi connectivity index (χ2v) is 6.03. The van der Waals surface area contributed by atoms with Crippen molar-refractivity contribution in [3.05, 3.63) is 42.0 Å². The Morgan fingerprint density at radius 3 is 2.55 bits per heavy atom. The molecule has 2 rings (SSSR count). The molecule has 7 nitrogen and oxygen atoms in total. The highest BCUT2D eigenvalue weighted by Crippen LogP contribution is 2.10. The number of rotatable bonds is 7. The van der Waals surface area contributed by atoms with Crippen molar-refractivity contribution in [2.75, 3.05) is 13.1 Å². The summed E-state index contributed by atoms with van der Waals surface area (Å²) in [4.78, 5) is 4.17. The van der Waals surface area contributed by atoms with Gasteiger partial charge in [0.15, 0.2) is 0 Å². The Morgan fingerprint density at radius 1 is 1.20 bits per heavy atom. The summed E-state index contributed by atoms with van der Waals surface area (Å²) in [6.45, 7) is 0.809. The lowest BCUT2D eigenvalue weighted by Crippen LogP contribution is -2.26. The maximum Gasteiger partial charge on any atom is 0.240 e. The number of aromatic amines is 1. The molecule has 0 aliphatic rings. The van der Waals surface area contributed by atoms with Crippen molar-refractivity contribution >= 4 is 10.0 Å². The quantitative estimate of drug-likeness (QED) is 0.656. The van der Waals surface area contributed by atoms with E-state index in [0.717, 1.165) is 12.0 Å². The van der Waals surface area contributed by atoms with Crippen LogP contribution in [0.15, 0.2) is 35.5 Å². The third kappa shape index (κ3) is 3.86. The van der Waals surface area contributed by atoms with Gasteiger partial charge in [-0.1, -0.05) is 12.1 Å².